The van der Waals surface area contributed by atoms with Gasteiger partial charge in [-0.1, -0.05) is 37.3 Å². The summed E-state index contributed by atoms with van der Waals surface area (Å²) in [7, 11) is -2.43. The molecule has 0 aliphatic rings. The summed E-state index contributed by atoms with van der Waals surface area (Å²) in [5.41, 5.74) is 0.726. The summed E-state index contributed by atoms with van der Waals surface area (Å²) < 4.78 is 65.0. The Morgan fingerprint density at radius 1 is 1.08 bits per heavy atom. The normalized spacial score (nSPS) is 12.6. The van der Waals surface area contributed by atoms with Crippen LogP contribution in [0.5, 0.6) is 0 Å². The van der Waals surface area contributed by atoms with Crippen LogP contribution in [0.3, 0.4) is 0 Å². The van der Waals surface area contributed by atoms with Gasteiger partial charge in [-0.3, -0.25) is 13.9 Å². The lowest BCUT2D eigenvalue weighted by molar-refractivity contribution is -0.141. The van der Waals surface area contributed by atoms with Gasteiger partial charge in [0.1, 0.15) is 6.04 Å². The van der Waals surface area contributed by atoms with Crippen LogP contribution in [0.4, 0.5) is 18.9 Å². The topological polar surface area (TPSA) is 86.8 Å². The first-order chi connectivity index (χ1) is 16.8. The second kappa shape index (κ2) is 12.2. The van der Waals surface area contributed by atoms with Crippen LogP contribution in [-0.2, 0) is 32.3 Å². The van der Waals surface area contributed by atoms with Gasteiger partial charge in [0.15, 0.2) is 0 Å². The first-order valence-corrected chi connectivity index (χ1v) is 13.3. The lowest BCUT2D eigenvalue weighted by Gasteiger charge is -2.31. The van der Waals surface area contributed by atoms with Crippen LogP contribution in [0.1, 0.15) is 42.9 Å². The summed E-state index contributed by atoms with van der Waals surface area (Å²) in [5.74, 6) is -0.674. The number of benzene rings is 2. The Morgan fingerprint density at radius 2 is 1.75 bits per heavy atom. The number of hydrogen-bond acceptors (Lipinski definition) is 4. The van der Waals surface area contributed by atoms with Crippen LogP contribution in [0, 0.1) is 6.92 Å². The van der Waals surface area contributed by atoms with E-state index in [4.69, 9.17) is 0 Å². The SMILES string of the molecule is CC[C@H](C(=O)NC)N(Cc1ccccc1C)C(=O)CCCN(c1cccc(C(F)(F)F)c1)S(C)(=O)=O. The maximum absolute atomic E-state index is 13.3. The molecule has 2 rings (SSSR count). The molecule has 0 saturated heterocycles. The third-order valence-corrected chi connectivity index (χ3v) is 7.04. The van der Waals surface area contributed by atoms with Gasteiger partial charge in [0.05, 0.1) is 17.5 Å². The van der Waals surface area contributed by atoms with Crippen molar-refractivity contribution < 1.29 is 31.2 Å². The molecule has 0 aliphatic heterocycles. The molecule has 0 saturated carbocycles. The van der Waals surface area contributed by atoms with Gasteiger partial charge in [0.2, 0.25) is 21.8 Å². The van der Waals surface area contributed by atoms with Crippen molar-refractivity contribution in [1.29, 1.82) is 0 Å². The number of carbonyl (C=O) groups excluding carboxylic acids is 2. The summed E-state index contributed by atoms with van der Waals surface area (Å²) in [6.07, 6.45) is -3.39. The summed E-state index contributed by atoms with van der Waals surface area (Å²) >= 11 is 0. The number of halogens is 3. The molecule has 0 unspecified atom stereocenters. The minimum atomic E-state index is -4.62. The number of rotatable bonds is 11. The maximum Gasteiger partial charge on any atom is 0.416 e. The highest BCUT2D eigenvalue weighted by Gasteiger charge is 2.32. The zero-order valence-electron chi connectivity index (χ0n) is 20.8. The van der Waals surface area contributed by atoms with Crippen molar-refractivity contribution in [1.82, 2.24) is 10.2 Å². The second-order valence-electron chi connectivity index (χ2n) is 8.47. The Labute approximate surface area is 210 Å². The molecule has 0 heterocycles. The van der Waals surface area contributed by atoms with Crippen molar-refractivity contribution in [2.24, 2.45) is 0 Å². The molecule has 2 aromatic carbocycles. The summed E-state index contributed by atoms with van der Waals surface area (Å²) in [6, 6.07) is 10.8. The fourth-order valence-corrected chi connectivity index (χ4v) is 4.86. The molecule has 198 valence electrons. The van der Waals surface area contributed by atoms with Crippen molar-refractivity contribution in [3.05, 3.63) is 65.2 Å². The van der Waals surface area contributed by atoms with Crippen molar-refractivity contribution in [3.8, 4) is 0 Å². The molecule has 1 N–H and O–H groups in total. The number of carbonyl (C=O) groups is 2. The molecule has 36 heavy (non-hydrogen) atoms. The van der Waals surface area contributed by atoms with Crippen LogP contribution in [0.2, 0.25) is 0 Å². The van der Waals surface area contributed by atoms with E-state index < -0.39 is 27.8 Å². The number of amides is 2. The van der Waals surface area contributed by atoms with Crippen molar-refractivity contribution in [3.63, 3.8) is 0 Å². The number of alkyl halides is 3. The van der Waals surface area contributed by atoms with E-state index in [-0.39, 0.29) is 43.4 Å². The van der Waals surface area contributed by atoms with E-state index in [2.05, 4.69) is 5.32 Å². The molecule has 0 spiro atoms. The summed E-state index contributed by atoms with van der Waals surface area (Å²) in [4.78, 5) is 27.2. The van der Waals surface area contributed by atoms with Crippen LogP contribution in [-0.4, -0.2) is 51.0 Å². The van der Waals surface area contributed by atoms with Crippen LogP contribution in [0.15, 0.2) is 48.5 Å². The first-order valence-electron chi connectivity index (χ1n) is 11.5. The largest absolute Gasteiger partial charge is 0.416 e. The van der Waals surface area contributed by atoms with Gasteiger partial charge in [-0.2, -0.15) is 13.2 Å². The lowest BCUT2D eigenvalue weighted by Crippen LogP contribution is -2.48. The van der Waals surface area contributed by atoms with E-state index in [0.717, 1.165) is 39.9 Å². The predicted molar refractivity (Wildman–Crippen MR) is 133 cm³/mol. The maximum atomic E-state index is 13.3. The fourth-order valence-electron chi connectivity index (χ4n) is 3.90. The molecule has 2 amide bonds. The molecule has 0 aliphatic carbocycles. The first kappa shape index (κ1) is 29.2. The molecule has 11 heteroatoms. The summed E-state index contributed by atoms with van der Waals surface area (Å²) in [6.45, 7) is 3.69. The zero-order valence-corrected chi connectivity index (χ0v) is 21.6. The average Bonchev–Trinajstić information content (AvgIpc) is 2.81. The minimum absolute atomic E-state index is 0.0522. The molecule has 0 bridgehead atoms. The van der Waals surface area contributed by atoms with Crippen LogP contribution in [0.25, 0.3) is 0 Å². The molecule has 0 fully saturated rings. The predicted octanol–water partition coefficient (Wildman–Crippen LogP) is 4.11. The number of sulfonamides is 1. The number of nitrogens with one attached hydrogen (secondary N) is 1. The quantitative estimate of drug-likeness (QED) is 0.477. The van der Waals surface area contributed by atoms with Gasteiger partial charge < -0.3 is 10.2 Å². The molecule has 0 radical (unpaired) electrons. The number of nitrogens with zero attached hydrogens (tertiary/aromatic N) is 2. The molecule has 7 nitrogen and oxygen atoms in total. The fraction of sp³-hybridized carbons (Fsp3) is 0.440. The lowest BCUT2D eigenvalue weighted by atomic mass is 10.1. The van der Waals surface area contributed by atoms with Crippen molar-refractivity contribution in [2.45, 2.75) is 51.9 Å². The monoisotopic (exact) mass is 527 g/mol. The number of aryl methyl sites for hydroxylation is 1. The van der Waals surface area contributed by atoms with Gasteiger partial charge in [-0.05, 0) is 49.1 Å². The third-order valence-electron chi connectivity index (χ3n) is 5.85. The Balaban J connectivity index is 2.24. The Morgan fingerprint density at radius 3 is 2.31 bits per heavy atom. The summed E-state index contributed by atoms with van der Waals surface area (Å²) in [5, 5.41) is 2.57. The Bertz CT molecular complexity index is 1170. The molecule has 1 atom stereocenters. The van der Waals surface area contributed by atoms with E-state index >= 15 is 0 Å². The minimum Gasteiger partial charge on any atom is -0.357 e. The number of anilines is 1. The van der Waals surface area contributed by atoms with Gasteiger partial charge in [-0.25, -0.2) is 8.42 Å². The van der Waals surface area contributed by atoms with Crippen LogP contribution >= 0.6 is 0 Å². The Kier molecular flexibility index (Phi) is 9.92. The van der Waals surface area contributed by atoms with Gasteiger partial charge in [0, 0.05) is 26.6 Å². The average molecular weight is 528 g/mol. The van der Waals surface area contributed by atoms with Crippen LogP contribution < -0.4 is 9.62 Å². The highest BCUT2D eigenvalue weighted by atomic mass is 32.2. The number of hydrogen-bond donors (Lipinski definition) is 1. The zero-order chi connectivity index (χ0) is 27.1. The molecular formula is C25H32F3N3O4S. The molecule has 2 aromatic rings. The molecular weight excluding hydrogens is 495 g/mol. The highest BCUT2D eigenvalue weighted by Crippen LogP contribution is 2.32. The second-order valence-corrected chi connectivity index (χ2v) is 10.4. The van der Waals surface area contributed by atoms with Gasteiger partial charge in [-0.15, -0.1) is 0 Å². The third kappa shape index (κ3) is 7.71. The van der Waals surface area contributed by atoms with E-state index in [1.165, 1.54) is 18.0 Å². The standard InChI is InChI=1S/C25H32F3N3O4S/c1-5-22(24(33)29-3)30(17-19-11-7-6-10-18(19)2)23(32)14-9-15-31(36(4,34)35)21-13-8-12-20(16-21)25(26,27)28/h6-8,10-13,16,22H,5,9,14-15,17H2,1-4H3,(H,29,33)/t22-/m1/s1. The van der Waals surface area contributed by atoms with E-state index in [1.807, 2.05) is 31.2 Å². The van der Waals surface area contributed by atoms with Crippen molar-refractivity contribution >= 4 is 27.5 Å². The van der Waals surface area contributed by atoms with E-state index in [0.29, 0.717) is 6.42 Å². The van der Waals surface area contributed by atoms with Gasteiger partial charge >= 0.3 is 6.18 Å². The van der Waals surface area contributed by atoms with Gasteiger partial charge in [0.25, 0.3) is 0 Å². The molecule has 0 aromatic heterocycles. The highest BCUT2D eigenvalue weighted by molar-refractivity contribution is 7.92. The van der Waals surface area contributed by atoms with E-state index in [1.54, 1.807) is 6.92 Å². The van der Waals surface area contributed by atoms with Crippen molar-refractivity contribution in [2.75, 3.05) is 24.2 Å². The smallest absolute Gasteiger partial charge is 0.357 e. The Hall–Kier alpha value is -3.08. The number of likely N-dealkylation sites (N-methyl/N-ethyl adjacent to an activating group) is 1. The van der Waals surface area contributed by atoms with E-state index in [9.17, 15) is 31.2 Å².